The number of hydrogen-bond acceptors (Lipinski definition) is 3. The molecule has 1 aliphatic rings. The first-order chi connectivity index (χ1) is 9.19. The van der Waals surface area contributed by atoms with E-state index in [1.54, 1.807) is 12.1 Å². The standard InChI is InChI=1S/C15H23FN2O/c1-2-18(10-14-4-3-9-19-14)11-15(17)12-5-7-13(16)8-6-12/h5-8,14-15H,2-4,9-11,17H2,1H3. The topological polar surface area (TPSA) is 38.5 Å². The van der Waals surface area contributed by atoms with Crippen LogP contribution >= 0.6 is 0 Å². The van der Waals surface area contributed by atoms with Crippen molar-refractivity contribution >= 4 is 0 Å². The van der Waals surface area contributed by atoms with E-state index in [-0.39, 0.29) is 11.9 Å². The lowest BCUT2D eigenvalue weighted by molar-refractivity contribution is 0.0729. The molecule has 2 atom stereocenters. The van der Waals surface area contributed by atoms with Gasteiger partial charge in [-0.2, -0.15) is 0 Å². The number of hydrogen-bond donors (Lipinski definition) is 1. The summed E-state index contributed by atoms with van der Waals surface area (Å²) >= 11 is 0. The molecule has 0 amide bonds. The number of ether oxygens (including phenoxy) is 1. The smallest absolute Gasteiger partial charge is 0.123 e. The molecule has 2 N–H and O–H groups in total. The molecule has 1 heterocycles. The van der Waals surface area contributed by atoms with Gasteiger partial charge in [0.2, 0.25) is 0 Å². The lowest BCUT2D eigenvalue weighted by Crippen LogP contribution is -2.37. The lowest BCUT2D eigenvalue weighted by Gasteiger charge is -2.26. The zero-order valence-electron chi connectivity index (χ0n) is 11.5. The molecule has 0 saturated carbocycles. The first-order valence-electron chi connectivity index (χ1n) is 7.04. The Kier molecular flexibility index (Phi) is 5.31. The second kappa shape index (κ2) is 6.98. The van der Waals surface area contributed by atoms with Crippen LogP contribution in [-0.2, 0) is 4.74 Å². The summed E-state index contributed by atoms with van der Waals surface area (Å²) in [5.41, 5.74) is 7.17. The third-order valence-electron chi connectivity index (χ3n) is 3.69. The van der Waals surface area contributed by atoms with Gasteiger partial charge in [-0.25, -0.2) is 4.39 Å². The number of halogens is 1. The highest BCUT2D eigenvalue weighted by molar-refractivity contribution is 5.19. The number of likely N-dealkylation sites (N-methyl/N-ethyl adjacent to an activating group) is 1. The fraction of sp³-hybridized carbons (Fsp3) is 0.600. The molecule has 0 radical (unpaired) electrons. The fourth-order valence-corrected chi connectivity index (χ4v) is 2.50. The first-order valence-corrected chi connectivity index (χ1v) is 7.04. The minimum Gasteiger partial charge on any atom is -0.377 e. The average Bonchev–Trinajstić information content (AvgIpc) is 2.91. The molecule has 19 heavy (non-hydrogen) atoms. The van der Waals surface area contributed by atoms with Crippen LogP contribution in [0.3, 0.4) is 0 Å². The van der Waals surface area contributed by atoms with Gasteiger partial charge in [-0.05, 0) is 37.1 Å². The van der Waals surface area contributed by atoms with Crippen molar-refractivity contribution in [2.45, 2.75) is 31.9 Å². The molecule has 1 saturated heterocycles. The predicted molar refractivity (Wildman–Crippen MR) is 74.4 cm³/mol. The van der Waals surface area contributed by atoms with E-state index in [9.17, 15) is 4.39 Å². The zero-order valence-corrected chi connectivity index (χ0v) is 11.5. The summed E-state index contributed by atoms with van der Waals surface area (Å²) in [6.45, 7) is 5.68. The molecule has 1 aromatic carbocycles. The monoisotopic (exact) mass is 266 g/mol. The van der Waals surface area contributed by atoms with E-state index in [2.05, 4.69) is 11.8 Å². The molecule has 0 aromatic heterocycles. The molecule has 4 heteroatoms. The van der Waals surface area contributed by atoms with Crippen molar-refractivity contribution < 1.29 is 9.13 Å². The van der Waals surface area contributed by atoms with Crippen molar-refractivity contribution in [3.8, 4) is 0 Å². The third kappa shape index (κ3) is 4.27. The summed E-state index contributed by atoms with van der Waals surface area (Å²) < 4.78 is 18.5. The lowest BCUT2D eigenvalue weighted by atomic mass is 10.1. The van der Waals surface area contributed by atoms with Gasteiger partial charge in [-0.3, -0.25) is 4.90 Å². The molecule has 106 valence electrons. The summed E-state index contributed by atoms with van der Waals surface area (Å²) in [4.78, 5) is 2.31. The molecular weight excluding hydrogens is 243 g/mol. The SMILES string of the molecule is CCN(CC1CCCO1)CC(N)c1ccc(F)cc1. The van der Waals surface area contributed by atoms with Gasteiger partial charge in [-0.1, -0.05) is 19.1 Å². The Hall–Kier alpha value is -0.970. The van der Waals surface area contributed by atoms with Gasteiger partial charge < -0.3 is 10.5 Å². The van der Waals surface area contributed by atoms with Crippen molar-refractivity contribution in [1.29, 1.82) is 0 Å². The van der Waals surface area contributed by atoms with Crippen molar-refractivity contribution in [2.24, 2.45) is 5.73 Å². The molecule has 2 unspecified atom stereocenters. The molecule has 3 nitrogen and oxygen atoms in total. The maximum atomic E-state index is 12.9. The zero-order chi connectivity index (χ0) is 13.7. The Morgan fingerprint density at radius 1 is 1.42 bits per heavy atom. The van der Waals surface area contributed by atoms with Gasteiger partial charge in [0.15, 0.2) is 0 Å². The Labute approximate surface area is 114 Å². The van der Waals surface area contributed by atoms with Crippen LogP contribution < -0.4 is 5.73 Å². The fourth-order valence-electron chi connectivity index (χ4n) is 2.50. The highest BCUT2D eigenvalue weighted by Crippen LogP contribution is 2.16. The quantitative estimate of drug-likeness (QED) is 0.859. The average molecular weight is 266 g/mol. The summed E-state index contributed by atoms with van der Waals surface area (Å²) in [6, 6.07) is 6.37. The van der Waals surface area contributed by atoms with Crippen molar-refractivity contribution in [3.05, 3.63) is 35.6 Å². The van der Waals surface area contributed by atoms with Crippen molar-refractivity contribution in [3.63, 3.8) is 0 Å². The van der Waals surface area contributed by atoms with E-state index in [1.165, 1.54) is 12.1 Å². The maximum Gasteiger partial charge on any atom is 0.123 e. The molecule has 1 fully saturated rings. The van der Waals surface area contributed by atoms with Crippen LogP contribution in [0.15, 0.2) is 24.3 Å². The van der Waals surface area contributed by atoms with Crippen LogP contribution in [0.1, 0.15) is 31.4 Å². The summed E-state index contributed by atoms with van der Waals surface area (Å²) in [6.07, 6.45) is 2.65. The van der Waals surface area contributed by atoms with Gasteiger partial charge in [0.25, 0.3) is 0 Å². The van der Waals surface area contributed by atoms with E-state index in [0.717, 1.165) is 44.6 Å². The second-order valence-corrected chi connectivity index (χ2v) is 5.15. The van der Waals surface area contributed by atoms with Crippen LogP contribution in [0.4, 0.5) is 4.39 Å². The number of nitrogens with zero attached hydrogens (tertiary/aromatic N) is 1. The van der Waals surface area contributed by atoms with Crippen molar-refractivity contribution in [2.75, 3.05) is 26.2 Å². The van der Waals surface area contributed by atoms with E-state index in [4.69, 9.17) is 10.5 Å². The van der Waals surface area contributed by atoms with Gasteiger partial charge in [0.05, 0.1) is 6.10 Å². The Morgan fingerprint density at radius 3 is 2.74 bits per heavy atom. The molecule has 0 bridgehead atoms. The Bertz CT molecular complexity index is 376. The molecule has 0 aliphatic carbocycles. The number of benzene rings is 1. The first kappa shape index (κ1) is 14.4. The maximum absolute atomic E-state index is 12.9. The van der Waals surface area contributed by atoms with E-state index >= 15 is 0 Å². The highest BCUT2D eigenvalue weighted by atomic mass is 19.1. The largest absolute Gasteiger partial charge is 0.377 e. The third-order valence-corrected chi connectivity index (χ3v) is 3.69. The summed E-state index contributed by atoms with van der Waals surface area (Å²) in [7, 11) is 0. The van der Waals surface area contributed by atoms with Crippen molar-refractivity contribution in [1.82, 2.24) is 4.90 Å². The molecule has 1 aliphatic heterocycles. The molecular formula is C15H23FN2O. The number of rotatable bonds is 6. The van der Waals surface area contributed by atoms with Gasteiger partial charge in [-0.15, -0.1) is 0 Å². The second-order valence-electron chi connectivity index (χ2n) is 5.15. The van der Waals surface area contributed by atoms with E-state index < -0.39 is 0 Å². The predicted octanol–water partition coefficient (Wildman–Crippen LogP) is 2.33. The van der Waals surface area contributed by atoms with Gasteiger partial charge in [0.1, 0.15) is 5.82 Å². The Balaban J connectivity index is 1.87. The minimum atomic E-state index is -0.220. The summed E-state index contributed by atoms with van der Waals surface area (Å²) in [5.74, 6) is -0.220. The molecule has 0 spiro atoms. The van der Waals surface area contributed by atoms with Gasteiger partial charge in [0, 0.05) is 25.7 Å². The van der Waals surface area contributed by atoms with Crippen LogP contribution in [0, 0.1) is 5.82 Å². The minimum absolute atomic E-state index is 0.0815. The van der Waals surface area contributed by atoms with Crippen LogP contribution in [-0.4, -0.2) is 37.2 Å². The molecule has 2 rings (SSSR count). The number of nitrogens with two attached hydrogens (primary N) is 1. The van der Waals surface area contributed by atoms with Gasteiger partial charge >= 0.3 is 0 Å². The van der Waals surface area contributed by atoms with Crippen LogP contribution in [0.5, 0.6) is 0 Å². The van der Waals surface area contributed by atoms with E-state index in [1.807, 2.05) is 0 Å². The normalized spacial score (nSPS) is 20.9. The van der Waals surface area contributed by atoms with E-state index in [0.29, 0.717) is 6.10 Å². The van der Waals surface area contributed by atoms with Crippen LogP contribution in [0.2, 0.25) is 0 Å². The molecule has 1 aromatic rings. The van der Waals surface area contributed by atoms with Crippen LogP contribution in [0.25, 0.3) is 0 Å². The summed E-state index contributed by atoms with van der Waals surface area (Å²) in [5, 5.41) is 0. The highest BCUT2D eigenvalue weighted by Gasteiger charge is 2.20. The Morgan fingerprint density at radius 2 is 2.16 bits per heavy atom.